The van der Waals surface area contributed by atoms with Gasteiger partial charge in [-0.25, -0.2) is 9.59 Å². The van der Waals surface area contributed by atoms with Crippen LogP contribution in [0, 0.1) is 0 Å². The van der Waals surface area contributed by atoms with Gasteiger partial charge in [0.25, 0.3) is 0 Å². The number of rotatable bonds is 11. The number of amides is 2. The summed E-state index contributed by atoms with van der Waals surface area (Å²) in [6, 6.07) is 24.1. The molecular formula is C31H31N3O6. The van der Waals surface area contributed by atoms with Gasteiger partial charge < -0.3 is 25.1 Å². The van der Waals surface area contributed by atoms with Gasteiger partial charge in [0.2, 0.25) is 5.91 Å². The summed E-state index contributed by atoms with van der Waals surface area (Å²) in [7, 11) is 0. The van der Waals surface area contributed by atoms with Crippen molar-refractivity contribution in [2.75, 3.05) is 6.61 Å². The Morgan fingerprint density at radius 2 is 1.50 bits per heavy atom. The zero-order valence-electron chi connectivity index (χ0n) is 22.3. The molecule has 40 heavy (non-hydrogen) atoms. The largest absolute Gasteiger partial charge is 0.456 e. The predicted molar refractivity (Wildman–Crippen MR) is 150 cm³/mol. The summed E-state index contributed by atoms with van der Waals surface area (Å²) in [6.07, 6.45) is 1.13. The third kappa shape index (κ3) is 7.35. The molecule has 1 atom stereocenters. The molecule has 2 amide bonds. The Balaban J connectivity index is 1.43. The van der Waals surface area contributed by atoms with Gasteiger partial charge >= 0.3 is 12.1 Å². The van der Waals surface area contributed by atoms with Gasteiger partial charge in [-0.2, -0.15) is 0 Å². The third-order valence-corrected chi connectivity index (χ3v) is 6.30. The molecule has 0 saturated heterocycles. The second-order valence-electron chi connectivity index (χ2n) is 9.80. The molecule has 0 radical (unpaired) electrons. The van der Waals surface area contributed by atoms with Crippen molar-refractivity contribution >= 4 is 34.7 Å². The molecule has 9 nitrogen and oxygen atoms in total. The van der Waals surface area contributed by atoms with Crippen LogP contribution < -0.4 is 10.6 Å². The first-order chi connectivity index (χ1) is 19.2. The smallest absolute Gasteiger partial charge is 0.408 e. The number of alkyl carbamates (subject to hydrolysis) is 1. The monoisotopic (exact) mass is 541 g/mol. The van der Waals surface area contributed by atoms with Gasteiger partial charge in [0.05, 0.1) is 0 Å². The van der Waals surface area contributed by atoms with E-state index in [1.165, 1.54) is 13.8 Å². The van der Waals surface area contributed by atoms with Crippen molar-refractivity contribution < 1.29 is 28.7 Å². The number of ketones is 1. The molecular weight excluding hydrogens is 510 g/mol. The van der Waals surface area contributed by atoms with Crippen molar-refractivity contribution in [2.45, 2.75) is 38.5 Å². The Labute approximate surface area is 231 Å². The van der Waals surface area contributed by atoms with Crippen LogP contribution in [0.5, 0.6) is 0 Å². The lowest BCUT2D eigenvalue weighted by molar-refractivity contribution is -0.151. The van der Waals surface area contributed by atoms with Gasteiger partial charge in [-0.05, 0) is 31.0 Å². The minimum absolute atomic E-state index is 0.0291. The second-order valence-corrected chi connectivity index (χ2v) is 9.80. The number of aromatic amines is 1. The normalized spacial score (nSPS) is 11.8. The molecule has 1 heterocycles. The minimum atomic E-state index is -1.48. The Hall–Kier alpha value is -4.92. The number of aromatic nitrogens is 1. The van der Waals surface area contributed by atoms with Gasteiger partial charge in [0, 0.05) is 29.1 Å². The quantitative estimate of drug-likeness (QED) is 0.192. The van der Waals surface area contributed by atoms with E-state index in [-0.39, 0.29) is 18.8 Å². The average Bonchev–Trinajstić information content (AvgIpc) is 3.37. The number of ether oxygens (including phenoxy) is 2. The maximum absolute atomic E-state index is 13.4. The molecule has 0 saturated carbocycles. The average molecular weight is 542 g/mol. The van der Waals surface area contributed by atoms with E-state index in [4.69, 9.17) is 9.47 Å². The Kier molecular flexibility index (Phi) is 8.96. The molecule has 0 unspecified atom stereocenters. The van der Waals surface area contributed by atoms with Crippen LogP contribution in [0.4, 0.5) is 4.79 Å². The number of esters is 1. The second kappa shape index (κ2) is 12.8. The van der Waals surface area contributed by atoms with Crippen LogP contribution in [0.15, 0.2) is 91.1 Å². The number of fused-ring (bicyclic) bond motifs is 1. The van der Waals surface area contributed by atoms with E-state index in [1.54, 1.807) is 36.5 Å². The molecule has 206 valence electrons. The van der Waals surface area contributed by atoms with Crippen molar-refractivity contribution in [2.24, 2.45) is 0 Å². The first-order valence-corrected chi connectivity index (χ1v) is 12.8. The van der Waals surface area contributed by atoms with Crippen LogP contribution in [0.2, 0.25) is 0 Å². The maximum Gasteiger partial charge on any atom is 0.408 e. The lowest BCUT2D eigenvalue weighted by Gasteiger charge is -2.27. The van der Waals surface area contributed by atoms with E-state index in [0.717, 1.165) is 22.0 Å². The number of H-pyrrole nitrogens is 1. The predicted octanol–water partition coefficient (Wildman–Crippen LogP) is 4.33. The zero-order valence-corrected chi connectivity index (χ0v) is 22.3. The summed E-state index contributed by atoms with van der Waals surface area (Å²) in [5, 5.41) is 6.18. The van der Waals surface area contributed by atoms with E-state index in [1.807, 2.05) is 54.6 Å². The summed E-state index contributed by atoms with van der Waals surface area (Å²) < 4.78 is 10.5. The number of nitrogens with one attached hydrogen (secondary N) is 3. The highest BCUT2D eigenvalue weighted by atomic mass is 16.5. The summed E-state index contributed by atoms with van der Waals surface area (Å²) in [6.45, 7) is 2.50. The molecule has 4 aromatic rings. The summed E-state index contributed by atoms with van der Waals surface area (Å²) in [5.74, 6) is -1.77. The lowest BCUT2D eigenvalue weighted by atomic mass is 10.0. The molecule has 3 N–H and O–H groups in total. The molecule has 3 aromatic carbocycles. The highest BCUT2D eigenvalue weighted by Gasteiger charge is 2.35. The number of para-hydroxylation sites is 1. The van der Waals surface area contributed by atoms with Gasteiger partial charge in [-0.1, -0.05) is 78.9 Å². The molecule has 1 aromatic heterocycles. The molecule has 9 heteroatoms. The number of benzene rings is 3. The van der Waals surface area contributed by atoms with E-state index in [2.05, 4.69) is 15.6 Å². The number of Topliss-reactive ketones (excluding diaryl/α,β-unsaturated/α-hetero) is 1. The fourth-order valence-electron chi connectivity index (χ4n) is 4.10. The molecule has 0 spiro atoms. The van der Waals surface area contributed by atoms with Crippen molar-refractivity contribution in [1.82, 2.24) is 15.6 Å². The fourth-order valence-corrected chi connectivity index (χ4v) is 4.10. The maximum atomic E-state index is 13.4. The number of carbonyl (C=O) groups excluding carboxylic acids is 4. The van der Waals surface area contributed by atoms with E-state index in [9.17, 15) is 19.2 Å². The summed E-state index contributed by atoms with van der Waals surface area (Å²) >= 11 is 0. The van der Waals surface area contributed by atoms with Gasteiger partial charge in [-0.15, -0.1) is 0 Å². The lowest BCUT2D eigenvalue weighted by Crippen LogP contribution is -2.57. The van der Waals surface area contributed by atoms with Crippen molar-refractivity contribution in [3.8, 4) is 0 Å². The Morgan fingerprint density at radius 3 is 2.23 bits per heavy atom. The number of hydrogen-bond donors (Lipinski definition) is 3. The van der Waals surface area contributed by atoms with Gasteiger partial charge in [-0.3, -0.25) is 9.59 Å². The molecule has 0 bridgehead atoms. The van der Waals surface area contributed by atoms with Crippen molar-refractivity contribution in [3.63, 3.8) is 0 Å². The SMILES string of the molecule is CC(C)(NC(=O)[C@@H](Cc1c[nH]c2ccccc12)NC(=O)OCc1ccccc1)C(=O)OCC(=O)c1ccccc1. The first-order valence-electron chi connectivity index (χ1n) is 12.8. The third-order valence-electron chi connectivity index (χ3n) is 6.30. The van der Waals surface area contributed by atoms with Crippen LogP contribution in [0.1, 0.15) is 35.3 Å². The van der Waals surface area contributed by atoms with E-state index >= 15 is 0 Å². The zero-order chi connectivity index (χ0) is 28.5. The van der Waals surface area contributed by atoms with Crippen molar-refractivity contribution in [3.05, 3.63) is 108 Å². The number of hydrogen-bond acceptors (Lipinski definition) is 6. The molecule has 4 rings (SSSR count). The van der Waals surface area contributed by atoms with Crippen LogP contribution in [-0.4, -0.2) is 46.9 Å². The molecule has 0 fully saturated rings. The Morgan fingerprint density at radius 1 is 0.850 bits per heavy atom. The van der Waals surface area contributed by atoms with Gasteiger partial charge in [0.1, 0.15) is 18.2 Å². The molecule has 0 aliphatic carbocycles. The van der Waals surface area contributed by atoms with Crippen LogP contribution in [0.25, 0.3) is 10.9 Å². The highest BCUT2D eigenvalue weighted by molar-refractivity contribution is 5.99. The number of carbonyl (C=O) groups is 4. The topological polar surface area (TPSA) is 127 Å². The van der Waals surface area contributed by atoms with E-state index in [0.29, 0.717) is 5.56 Å². The molecule has 0 aliphatic heterocycles. The highest BCUT2D eigenvalue weighted by Crippen LogP contribution is 2.20. The van der Waals surface area contributed by atoms with Gasteiger partial charge in [0.15, 0.2) is 12.4 Å². The standard InChI is InChI=1S/C31H31N3O6/c1-31(2,29(37)39-20-27(35)22-13-7-4-8-14-22)34-28(36)26(17-23-18-32-25-16-10-9-15-24(23)25)33-30(38)40-19-21-11-5-3-6-12-21/h3-16,18,26,32H,17,19-20H2,1-2H3,(H,33,38)(H,34,36)/t26-/m1/s1. The minimum Gasteiger partial charge on any atom is -0.456 e. The summed E-state index contributed by atoms with van der Waals surface area (Å²) in [5.41, 5.74) is 1.41. The summed E-state index contributed by atoms with van der Waals surface area (Å²) in [4.78, 5) is 54.4. The van der Waals surface area contributed by atoms with Crippen LogP contribution in [-0.2, 0) is 32.1 Å². The molecule has 0 aliphatic rings. The Bertz CT molecular complexity index is 1480. The van der Waals surface area contributed by atoms with Crippen LogP contribution in [0.3, 0.4) is 0 Å². The van der Waals surface area contributed by atoms with E-state index < -0.39 is 36.2 Å². The van der Waals surface area contributed by atoms with Crippen LogP contribution >= 0.6 is 0 Å². The first kappa shape index (κ1) is 28.1. The van der Waals surface area contributed by atoms with Crippen molar-refractivity contribution in [1.29, 1.82) is 0 Å². The fraction of sp³-hybridized carbons (Fsp3) is 0.226.